The average molecular weight is 352 g/mol. The van der Waals surface area contributed by atoms with Crippen molar-refractivity contribution in [2.75, 3.05) is 26.2 Å². The lowest BCUT2D eigenvalue weighted by molar-refractivity contribution is 0.233. The van der Waals surface area contributed by atoms with Gasteiger partial charge in [0.15, 0.2) is 5.82 Å². The van der Waals surface area contributed by atoms with Crippen LogP contribution in [0.25, 0.3) is 11.4 Å². The van der Waals surface area contributed by atoms with E-state index in [1.165, 1.54) is 19.3 Å². The van der Waals surface area contributed by atoms with Crippen LogP contribution in [0.1, 0.15) is 19.3 Å². The van der Waals surface area contributed by atoms with Crippen molar-refractivity contribution < 1.29 is 8.42 Å². The predicted octanol–water partition coefficient (Wildman–Crippen LogP) is 1.97. The Morgan fingerprint density at radius 2 is 1.87 bits per heavy atom. The Bertz CT molecular complexity index is 725. The van der Waals surface area contributed by atoms with Gasteiger partial charge in [-0.25, -0.2) is 18.1 Å². The third-order valence-electron chi connectivity index (χ3n) is 3.84. The van der Waals surface area contributed by atoms with Crippen molar-refractivity contribution in [1.82, 2.24) is 19.0 Å². The number of aromatic nitrogens is 2. The fraction of sp³-hybridized carbons (Fsp3) is 0.467. The van der Waals surface area contributed by atoms with Gasteiger partial charge in [-0.3, -0.25) is 0 Å². The smallest absolute Gasteiger partial charge is 0.269 e. The van der Waals surface area contributed by atoms with Crippen LogP contribution in [0, 0.1) is 0 Å². The van der Waals surface area contributed by atoms with E-state index in [0.29, 0.717) is 12.4 Å². The topological polar surface area (TPSA) is 75.2 Å². The Balaban J connectivity index is 1.60. The molecule has 1 N–H and O–H groups in total. The van der Waals surface area contributed by atoms with Crippen molar-refractivity contribution in [3.8, 4) is 11.4 Å². The standard InChI is InChI=1S/C15H20N4O2S2/c20-23(21,16-9-12-19-10-5-2-6-11-19)15-17-14(18-22-15)13-7-3-1-4-8-13/h1,3-4,7-8,16H,2,5-6,9-12H2. The molecule has 6 nitrogen and oxygen atoms in total. The summed E-state index contributed by atoms with van der Waals surface area (Å²) in [4.78, 5) is 6.45. The van der Waals surface area contributed by atoms with Crippen LogP contribution in [0.5, 0.6) is 0 Å². The zero-order valence-corrected chi connectivity index (χ0v) is 14.4. The second-order valence-corrected chi connectivity index (χ2v) is 8.24. The molecule has 1 aliphatic heterocycles. The molecule has 0 unspecified atom stereocenters. The molecule has 1 aromatic carbocycles. The molecular weight excluding hydrogens is 332 g/mol. The number of benzene rings is 1. The Hall–Kier alpha value is -1.35. The van der Waals surface area contributed by atoms with Gasteiger partial charge >= 0.3 is 0 Å². The first kappa shape index (κ1) is 16.5. The molecule has 1 aromatic heterocycles. The molecule has 3 rings (SSSR count). The maximum Gasteiger partial charge on any atom is 0.269 e. The van der Waals surface area contributed by atoms with Crippen molar-refractivity contribution in [3.63, 3.8) is 0 Å². The van der Waals surface area contributed by atoms with Crippen LogP contribution in [0.4, 0.5) is 0 Å². The highest BCUT2D eigenvalue weighted by Gasteiger charge is 2.20. The number of nitrogens with zero attached hydrogens (tertiary/aromatic N) is 3. The molecule has 0 bridgehead atoms. The van der Waals surface area contributed by atoms with Gasteiger partial charge in [0.25, 0.3) is 10.0 Å². The van der Waals surface area contributed by atoms with Crippen LogP contribution in [-0.2, 0) is 10.0 Å². The maximum absolute atomic E-state index is 12.3. The summed E-state index contributed by atoms with van der Waals surface area (Å²) >= 11 is 0.912. The summed E-state index contributed by atoms with van der Waals surface area (Å²) < 4.78 is 31.4. The van der Waals surface area contributed by atoms with Gasteiger partial charge < -0.3 is 4.90 Å². The van der Waals surface area contributed by atoms with Gasteiger partial charge in [0, 0.05) is 18.7 Å². The molecule has 2 heterocycles. The van der Waals surface area contributed by atoms with Crippen molar-refractivity contribution in [2.24, 2.45) is 0 Å². The minimum atomic E-state index is -3.58. The van der Waals surface area contributed by atoms with E-state index < -0.39 is 10.0 Å². The van der Waals surface area contributed by atoms with Crippen molar-refractivity contribution in [1.29, 1.82) is 0 Å². The SMILES string of the molecule is O=S(=O)(NCCN1CCCCC1)c1nc(-c2ccccc2)ns1. The van der Waals surface area contributed by atoms with E-state index >= 15 is 0 Å². The van der Waals surface area contributed by atoms with E-state index in [9.17, 15) is 8.42 Å². The second kappa shape index (κ2) is 7.48. The monoisotopic (exact) mass is 352 g/mol. The van der Waals surface area contributed by atoms with E-state index in [-0.39, 0.29) is 4.34 Å². The van der Waals surface area contributed by atoms with Gasteiger partial charge in [0.05, 0.1) is 0 Å². The largest absolute Gasteiger partial charge is 0.302 e. The van der Waals surface area contributed by atoms with E-state index in [2.05, 4.69) is 19.0 Å². The van der Waals surface area contributed by atoms with E-state index in [1.807, 2.05) is 30.3 Å². The molecule has 1 saturated heterocycles. The van der Waals surface area contributed by atoms with E-state index in [4.69, 9.17) is 0 Å². The molecule has 0 spiro atoms. The second-order valence-electron chi connectivity index (χ2n) is 5.55. The number of hydrogen-bond acceptors (Lipinski definition) is 6. The lowest BCUT2D eigenvalue weighted by atomic mass is 10.1. The molecule has 8 heteroatoms. The first-order valence-corrected chi connectivity index (χ1v) is 10.0. The summed E-state index contributed by atoms with van der Waals surface area (Å²) in [7, 11) is -3.58. The van der Waals surface area contributed by atoms with Gasteiger partial charge in [-0.05, 0) is 37.5 Å². The summed E-state index contributed by atoms with van der Waals surface area (Å²) in [5, 5.41) is 0. The van der Waals surface area contributed by atoms with Crippen LogP contribution >= 0.6 is 11.5 Å². The van der Waals surface area contributed by atoms with E-state index in [1.54, 1.807) is 0 Å². The number of rotatable bonds is 6. The lowest BCUT2D eigenvalue weighted by Gasteiger charge is -2.26. The zero-order valence-electron chi connectivity index (χ0n) is 12.8. The molecule has 2 aromatic rings. The molecule has 1 aliphatic rings. The van der Waals surface area contributed by atoms with Crippen LogP contribution in [-0.4, -0.2) is 48.9 Å². The summed E-state index contributed by atoms with van der Waals surface area (Å²) in [6.07, 6.45) is 3.67. The molecule has 23 heavy (non-hydrogen) atoms. The molecule has 0 atom stereocenters. The molecule has 124 valence electrons. The van der Waals surface area contributed by atoms with E-state index in [0.717, 1.165) is 36.7 Å². The highest BCUT2D eigenvalue weighted by Crippen LogP contribution is 2.20. The van der Waals surface area contributed by atoms with Crippen LogP contribution in [0.15, 0.2) is 34.7 Å². The molecular formula is C15H20N4O2S2. The van der Waals surface area contributed by atoms with Gasteiger partial charge in [0.2, 0.25) is 4.34 Å². The summed E-state index contributed by atoms with van der Waals surface area (Å²) in [5.41, 5.74) is 0.818. The lowest BCUT2D eigenvalue weighted by Crippen LogP contribution is -2.37. The number of sulfonamides is 1. The first-order chi connectivity index (χ1) is 11.1. The van der Waals surface area contributed by atoms with Crippen LogP contribution < -0.4 is 4.72 Å². The molecule has 0 aliphatic carbocycles. The fourth-order valence-electron chi connectivity index (χ4n) is 2.61. The molecule has 0 saturated carbocycles. The Kier molecular flexibility index (Phi) is 5.37. The maximum atomic E-state index is 12.3. The quantitative estimate of drug-likeness (QED) is 0.860. The minimum absolute atomic E-state index is 0.0231. The highest BCUT2D eigenvalue weighted by molar-refractivity contribution is 7.91. The van der Waals surface area contributed by atoms with Crippen LogP contribution in [0.3, 0.4) is 0 Å². The number of piperidine rings is 1. The predicted molar refractivity (Wildman–Crippen MR) is 90.8 cm³/mol. The number of nitrogens with one attached hydrogen (secondary N) is 1. The highest BCUT2D eigenvalue weighted by atomic mass is 32.2. The van der Waals surface area contributed by atoms with Crippen molar-refractivity contribution in [3.05, 3.63) is 30.3 Å². The minimum Gasteiger partial charge on any atom is -0.302 e. The van der Waals surface area contributed by atoms with Gasteiger partial charge in [-0.2, -0.15) is 4.37 Å². The third kappa shape index (κ3) is 4.35. The van der Waals surface area contributed by atoms with Crippen LogP contribution in [0.2, 0.25) is 0 Å². The molecule has 0 radical (unpaired) electrons. The summed E-state index contributed by atoms with van der Waals surface area (Å²) in [5.74, 6) is 0.451. The Morgan fingerprint density at radius 3 is 2.61 bits per heavy atom. The van der Waals surface area contributed by atoms with Gasteiger partial charge in [-0.15, -0.1) is 0 Å². The van der Waals surface area contributed by atoms with Crippen molar-refractivity contribution >= 4 is 21.6 Å². The third-order valence-corrected chi connectivity index (χ3v) is 6.37. The van der Waals surface area contributed by atoms with Crippen molar-refractivity contribution in [2.45, 2.75) is 23.6 Å². The normalized spacial score (nSPS) is 16.5. The molecule has 0 amide bonds. The molecule has 1 fully saturated rings. The zero-order chi connectivity index (χ0) is 16.1. The van der Waals surface area contributed by atoms with Gasteiger partial charge in [0.1, 0.15) is 0 Å². The first-order valence-electron chi connectivity index (χ1n) is 7.76. The number of likely N-dealkylation sites (tertiary alicyclic amines) is 1. The average Bonchev–Trinajstić information content (AvgIpc) is 3.07. The number of hydrogen-bond donors (Lipinski definition) is 1. The fourth-order valence-corrected chi connectivity index (χ4v) is 4.42. The summed E-state index contributed by atoms with van der Waals surface area (Å²) in [6.45, 7) is 3.25. The summed E-state index contributed by atoms with van der Waals surface area (Å²) in [6, 6.07) is 9.38. The van der Waals surface area contributed by atoms with Gasteiger partial charge in [-0.1, -0.05) is 36.8 Å². The Morgan fingerprint density at radius 1 is 1.13 bits per heavy atom. The Labute approximate surface area is 140 Å².